The van der Waals surface area contributed by atoms with Crippen molar-refractivity contribution in [1.82, 2.24) is 0 Å². The number of allylic oxidation sites excluding steroid dienone is 2. The molecular weight excluding hydrogens is 240 g/mol. The lowest BCUT2D eigenvalue weighted by Crippen LogP contribution is -2.19. The molecule has 1 heterocycles. The summed E-state index contributed by atoms with van der Waals surface area (Å²) < 4.78 is 0. The molecule has 0 saturated carbocycles. The highest BCUT2D eigenvalue weighted by Crippen LogP contribution is 2.43. The Morgan fingerprint density at radius 1 is 1.22 bits per heavy atom. The van der Waals surface area contributed by atoms with Crippen LogP contribution in [0.4, 0.5) is 11.4 Å². The first-order valence-electron chi connectivity index (χ1n) is 5.97. The van der Waals surface area contributed by atoms with Gasteiger partial charge in [0.05, 0.1) is 11.4 Å². The summed E-state index contributed by atoms with van der Waals surface area (Å²) in [5.74, 6) is 0. The quantitative estimate of drug-likeness (QED) is 0.798. The van der Waals surface area contributed by atoms with Gasteiger partial charge in [0.15, 0.2) is 0 Å². The molecule has 1 aromatic rings. The molecule has 2 nitrogen and oxygen atoms in total. The van der Waals surface area contributed by atoms with Crippen LogP contribution in [0, 0.1) is 0 Å². The number of fused-ring (bicyclic) bond motifs is 1. The van der Waals surface area contributed by atoms with Gasteiger partial charge in [0.1, 0.15) is 0 Å². The number of likely N-dealkylation sites (N-methyl/N-ethyl adjacent to an activating group) is 1. The van der Waals surface area contributed by atoms with Crippen molar-refractivity contribution in [1.29, 1.82) is 0 Å². The third-order valence-corrected chi connectivity index (χ3v) is 3.72. The van der Waals surface area contributed by atoms with Crippen LogP contribution in [0.1, 0.15) is 13.8 Å². The van der Waals surface area contributed by atoms with Gasteiger partial charge < -0.3 is 10.6 Å². The van der Waals surface area contributed by atoms with Crippen LogP contribution in [0.3, 0.4) is 0 Å². The maximum Gasteiger partial charge on any atom is 0.0570 e. The van der Waals surface area contributed by atoms with Gasteiger partial charge in [0.25, 0.3) is 0 Å². The summed E-state index contributed by atoms with van der Waals surface area (Å²) in [7, 11) is 2.01. The van der Waals surface area contributed by atoms with Gasteiger partial charge in [-0.25, -0.2) is 0 Å². The second-order valence-corrected chi connectivity index (χ2v) is 4.63. The minimum atomic E-state index is 0.775. The molecule has 0 amide bonds. The van der Waals surface area contributed by atoms with E-state index in [4.69, 9.17) is 5.73 Å². The van der Waals surface area contributed by atoms with Crippen LogP contribution in [0.25, 0.3) is 0 Å². The molecular formula is C15H20N2S. The molecule has 0 spiro atoms. The predicted molar refractivity (Wildman–Crippen MR) is 83.9 cm³/mol. The Morgan fingerprint density at radius 3 is 2.44 bits per heavy atom. The maximum atomic E-state index is 5.80. The number of nitrogens with two attached hydrogens (primary N) is 1. The molecule has 0 fully saturated rings. The number of nitrogens with zero attached hydrogens (tertiary/aromatic N) is 1. The van der Waals surface area contributed by atoms with E-state index >= 15 is 0 Å². The third kappa shape index (κ3) is 2.62. The molecule has 1 aliphatic heterocycles. The fourth-order valence-electron chi connectivity index (χ4n) is 1.73. The minimum Gasteiger partial charge on any atom is -0.399 e. The van der Waals surface area contributed by atoms with E-state index in [-0.39, 0.29) is 0 Å². The van der Waals surface area contributed by atoms with Crippen LogP contribution in [-0.2, 0) is 0 Å². The predicted octanol–water partition coefficient (Wildman–Crippen LogP) is 4.42. The Morgan fingerprint density at radius 2 is 1.89 bits per heavy atom. The molecule has 2 N–H and O–H groups in total. The molecule has 0 unspecified atom stereocenters. The highest BCUT2D eigenvalue weighted by Gasteiger charge is 2.19. The normalized spacial score (nSPS) is 13.4. The largest absolute Gasteiger partial charge is 0.399 e. The van der Waals surface area contributed by atoms with Crippen molar-refractivity contribution in [3.05, 3.63) is 54.1 Å². The van der Waals surface area contributed by atoms with Crippen molar-refractivity contribution in [2.45, 2.75) is 18.7 Å². The number of thioether (sulfide) groups is 1. The van der Waals surface area contributed by atoms with Crippen LogP contribution in [0.5, 0.6) is 0 Å². The lowest BCUT2D eigenvalue weighted by Gasteiger charge is -2.29. The summed E-state index contributed by atoms with van der Waals surface area (Å²) in [6.45, 7) is 11.7. The first-order chi connectivity index (χ1) is 8.67. The van der Waals surface area contributed by atoms with E-state index in [0.717, 1.165) is 22.0 Å². The van der Waals surface area contributed by atoms with Crippen molar-refractivity contribution in [3.8, 4) is 0 Å². The molecule has 0 bridgehead atoms. The van der Waals surface area contributed by atoms with E-state index in [1.165, 1.54) is 4.90 Å². The highest BCUT2D eigenvalue weighted by atomic mass is 32.2. The molecule has 1 aromatic carbocycles. The topological polar surface area (TPSA) is 29.3 Å². The molecule has 0 radical (unpaired) electrons. The Bertz CT molecular complexity index is 489. The van der Waals surface area contributed by atoms with E-state index in [1.54, 1.807) is 11.8 Å². The number of benzene rings is 1. The third-order valence-electron chi connectivity index (χ3n) is 2.56. The molecule has 0 aliphatic carbocycles. The van der Waals surface area contributed by atoms with Crippen molar-refractivity contribution >= 4 is 23.1 Å². The van der Waals surface area contributed by atoms with Crippen LogP contribution in [-0.4, -0.2) is 7.05 Å². The van der Waals surface area contributed by atoms with E-state index in [0.29, 0.717) is 0 Å². The summed E-state index contributed by atoms with van der Waals surface area (Å²) in [5.41, 5.74) is 8.76. The summed E-state index contributed by atoms with van der Waals surface area (Å²) in [6, 6.07) is 5.93. The molecule has 0 saturated heterocycles. The lowest BCUT2D eigenvalue weighted by atomic mass is 10.2. The zero-order valence-corrected chi connectivity index (χ0v) is 12.1. The van der Waals surface area contributed by atoms with Gasteiger partial charge in [0, 0.05) is 22.5 Å². The Hall–Kier alpha value is -1.61. The standard InChI is InChI=1S/C13H14N2S.C2H6/c1-4-10-12(5-2)16-13-7-6-9(14)8-11(13)15(10)3;1-2/h4-8H,1-2,14H2,3H3;1-2H3. The summed E-state index contributed by atoms with van der Waals surface area (Å²) in [6.07, 6.45) is 3.70. The fraction of sp³-hybridized carbons (Fsp3) is 0.200. The molecule has 2 rings (SSSR count). The van der Waals surface area contributed by atoms with Crippen molar-refractivity contribution in [3.63, 3.8) is 0 Å². The average molecular weight is 260 g/mol. The van der Waals surface area contributed by atoms with E-state index in [9.17, 15) is 0 Å². The number of hydrogen-bond donors (Lipinski definition) is 1. The molecule has 18 heavy (non-hydrogen) atoms. The van der Waals surface area contributed by atoms with Gasteiger partial charge in [-0.05, 0) is 24.3 Å². The highest BCUT2D eigenvalue weighted by molar-refractivity contribution is 8.03. The number of hydrogen-bond acceptors (Lipinski definition) is 3. The SMILES string of the molecule is C=CC1=C(C=C)N(C)c2cc(N)ccc2S1.CC. The van der Waals surface area contributed by atoms with Gasteiger partial charge in [-0.1, -0.05) is 44.8 Å². The van der Waals surface area contributed by atoms with Crippen LogP contribution < -0.4 is 10.6 Å². The van der Waals surface area contributed by atoms with Gasteiger partial charge in [-0.15, -0.1) is 0 Å². The van der Waals surface area contributed by atoms with Gasteiger partial charge in [-0.3, -0.25) is 0 Å². The molecule has 1 aliphatic rings. The Balaban J connectivity index is 0.000000771. The first-order valence-corrected chi connectivity index (χ1v) is 6.79. The van der Waals surface area contributed by atoms with Gasteiger partial charge >= 0.3 is 0 Å². The first kappa shape index (κ1) is 14.5. The molecule has 0 atom stereocenters. The van der Waals surface area contributed by atoms with Gasteiger partial charge in [-0.2, -0.15) is 0 Å². The number of nitrogen functional groups attached to an aromatic ring is 1. The minimum absolute atomic E-state index is 0.775. The van der Waals surface area contributed by atoms with Crippen LogP contribution in [0.2, 0.25) is 0 Å². The second-order valence-electron chi connectivity index (χ2n) is 3.55. The molecule has 96 valence electrons. The smallest absolute Gasteiger partial charge is 0.0570 e. The zero-order chi connectivity index (χ0) is 13.7. The van der Waals surface area contributed by atoms with Crippen molar-refractivity contribution < 1.29 is 0 Å². The van der Waals surface area contributed by atoms with Crippen LogP contribution in [0.15, 0.2) is 59.0 Å². The van der Waals surface area contributed by atoms with E-state index in [1.807, 2.05) is 51.2 Å². The molecule has 3 heteroatoms. The van der Waals surface area contributed by atoms with E-state index < -0.39 is 0 Å². The maximum absolute atomic E-state index is 5.80. The average Bonchev–Trinajstić information content (AvgIpc) is 2.41. The summed E-state index contributed by atoms with van der Waals surface area (Å²) in [5, 5.41) is 0. The zero-order valence-electron chi connectivity index (χ0n) is 11.2. The van der Waals surface area contributed by atoms with Crippen molar-refractivity contribution in [2.24, 2.45) is 0 Å². The Kier molecular flexibility index (Phi) is 5.10. The van der Waals surface area contributed by atoms with E-state index in [2.05, 4.69) is 18.1 Å². The molecule has 0 aromatic heterocycles. The second kappa shape index (κ2) is 6.36. The van der Waals surface area contributed by atoms with Crippen LogP contribution >= 0.6 is 11.8 Å². The number of anilines is 2. The Labute approximate surface area is 114 Å². The van der Waals surface area contributed by atoms with Gasteiger partial charge in [0.2, 0.25) is 0 Å². The lowest BCUT2D eigenvalue weighted by molar-refractivity contribution is 1.09. The van der Waals surface area contributed by atoms with Crippen molar-refractivity contribution in [2.75, 3.05) is 17.7 Å². The fourth-order valence-corrected chi connectivity index (χ4v) is 2.81. The summed E-state index contributed by atoms with van der Waals surface area (Å²) >= 11 is 1.70. The monoisotopic (exact) mass is 260 g/mol. The number of rotatable bonds is 2. The summed E-state index contributed by atoms with van der Waals surface area (Å²) in [4.78, 5) is 4.40.